The van der Waals surface area contributed by atoms with E-state index in [1.807, 2.05) is 26.4 Å². The van der Waals surface area contributed by atoms with Crippen molar-refractivity contribution >= 4 is 68.0 Å². The molecule has 0 heterocycles. The van der Waals surface area contributed by atoms with Crippen molar-refractivity contribution in [1.82, 2.24) is 10.9 Å². The van der Waals surface area contributed by atoms with Gasteiger partial charge >= 0.3 is 0 Å². The second-order valence-electron chi connectivity index (χ2n) is 4.40. The second-order valence-corrected chi connectivity index (χ2v) is 7.37. The van der Waals surface area contributed by atoms with Crippen LogP contribution < -0.4 is 10.9 Å². The van der Waals surface area contributed by atoms with Gasteiger partial charge in [-0.2, -0.15) is 10.2 Å². The van der Waals surface area contributed by atoms with Crippen LogP contribution in [-0.2, 0) is 17.1 Å². The maximum absolute atomic E-state index is 4.90. The van der Waals surface area contributed by atoms with Gasteiger partial charge in [-0.15, -0.1) is 0 Å². The summed E-state index contributed by atoms with van der Waals surface area (Å²) >= 11 is 12.8. The molecule has 0 atom stereocenters. The molecule has 0 spiro atoms. The molecule has 0 aliphatic rings. The van der Waals surface area contributed by atoms with E-state index in [4.69, 9.17) is 24.4 Å². The van der Waals surface area contributed by atoms with Gasteiger partial charge in [0.05, 0.1) is 0 Å². The monoisotopic (exact) mass is 443 g/mol. The third-order valence-corrected chi connectivity index (χ3v) is 4.38. The third-order valence-electron chi connectivity index (χ3n) is 2.27. The van der Waals surface area contributed by atoms with Crippen molar-refractivity contribution in [3.63, 3.8) is 0 Å². The van der Waals surface area contributed by atoms with Gasteiger partial charge in [0.15, 0.2) is 8.64 Å². The largest absolute Gasteiger partial charge is 0.262 e. The molecule has 4 nitrogen and oxygen atoms in total. The first-order valence-electron chi connectivity index (χ1n) is 7.15. The van der Waals surface area contributed by atoms with E-state index < -0.39 is 0 Å². The standard InChI is InChI=1S/2C7H14N2S2.Cu/c2*1-4-5-6(2)8-9-7(10)11-3;/h2*4-5H2,1-3H3,(H,9,10);. The maximum Gasteiger partial charge on any atom is 0.153 e. The van der Waals surface area contributed by atoms with Crippen molar-refractivity contribution in [3.05, 3.63) is 0 Å². The minimum Gasteiger partial charge on any atom is -0.262 e. The summed E-state index contributed by atoms with van der Waals surface area (Å²) in [5.74, 6) is 0. The van der Waals surface area contributed by atoms with Crippen molar-refractivity contribution in [1.29, 1.82) is 0 Å². The van der Waals surface area contributed by atoms with Gasteiger partial charge in [0.2, 0.25) is 0 Å². The normalized spacial score (nSPS) is 10.9. The van der Waals surface area contributed by atoms with Gasteiger partial charge in [0.1, 0.15) is 0 Å². The minimum atomic E-state index is 0. The summed E-state index contributed by atoms with van der Waals surface area (Å²) in [5, 5.41) is 8.18. The van der Waals surface area contributed by atoms with E-state index in [2.05, 4.69) is 34.9 Å². The van der Waals surface area contributed by atoms with Crippen LogP contribution in [0.25, 0.3) is 0 Å². The van der Waals surface area contributed by atoms with Gasteiger partial charge in [0, 0.05) is 28.5 Å². The minimum absolute atomic E-state index is 0. The quantitative estimate of drug-likeness (QED) is 0.266. The van der Waals surface area contributed by atoms with Crippen molar-refractivity contribution < 1.29 is 17.1 Å². The Morgan fingerprint density at radius 1 is 0.826 bits per heavy atom. The number of nitrogens with zero attached hydrogens (tertiary/aromatic N) is 2. The number of thioether (sulfide) groups is 2. The smallest absolute Gasteiger partial charge is 0.153 e. The van der Waals surface area contributed by atoms with Crippen LogP contribution in [0.15, 0.2) is 10.2 Å². The Morgan fingerprint density at radius 3 is 1.35 bits per heavy atom. The zero-order chi connectivity index (χ0) is 17.4. The molecule has 0 unspecified atom stereocenters. The SMILES string of the molecule is CCCC(C)=NNC(=S)SC.CCCC(C)=NNC(=S)SC.[Cu]. The molecule has 23 heavy (non-hydrogen) atoms. The first kappa shape index (κ1) is 28.2. The Morgan fingerprint density at radius 2 is 1.13 bits per heavy atom. The first-order chi connectivity index (χ1) is 10.4. The fourth-order valence-electron chi connectivity index (χ4n) is 1.21. The van der Waals surface area contributed by atoms with E-state index >= 15 is 0 Å². The van der Waals surface area contributed by atoms with Crippen LogP contribution in [0.3, 0.4) is 0 Å². The predicted octanol–water partition coefficient (Wildman–Crippen LogP) is 4.80. The van der Waals surface area contributed by atoms with Gasteiger partial charge in [-0.3, -0.25) is 10.9 Å². The number of rotatable bonds is 6. The van der Waals surface area contributed by atoms with Crippen molar-refractivity contribution in [3.8, 4) is 0 Å². The Bertz CT molecular complexity index is 351. The summed E-state index contributed by atoms with van der Waals surface area (Å²) in [4.78, 5) is 0. The van der Waals surface area contributed by atoms with E-state index in [9.17, 15) is 0 Å². The summed E-state index contributed by atoms with van der Waals surface area (Å²) in [6, 6.07) is 0. The van der Waals surface area contributed by atoms with E-state index in [0.717, 1.165) is 45.7 Å². The Labute approximate surface area is 171 Å². The fourth-order valence-corrected chi connectivity index (χ4v) is 1.57. The molecule has 0 aliphatic carbocycles. The Balaban J connectivity index is -0.000000333. The molecule has 2 N–H and O–H groups in total. The average Bonchev–Trinajstić information content (AvgIpc) is 2.51. The van der Waals surface area contributed by atoms with Gasteiger partial charge in [0.25, 0.3) is 0 Å². The molecule has 0 saturated carbocycles. The van der Waals surface area contributed by atoms with E-state index in [0.29, 0.717) is 0 Å². The summed E-state index contributed by atoms with van der Waals surface area (Å²) in [7, 11) is 0. The van der Waals surface area contributed by atoms with E-state index in [1.165, 1.54) is 23.5 Å². The zero-order valence-electron chi connectivity index (χ0n) is 14.7. The molecular weight excluding hydrogens is 416 g/mol. The van der Waals surface area contributed by atoms with Gasteiger partial charge < -0.3 is 0 Å². The molecule has 1 radical (unpaired) electrons. The number of hydrogen-bond donors (Lipinski definition) is 2. The van der Waals surface area contributed by atoms with Crippen LogP contribution >= 0.6 is 48.0 Å². The molecule has 0 amide bonds. The first-order valence-corrected chi connectivity index (χ1v) is 10.4. The molecule has 139 valence electrons. The van der Waals surface area contributed by atoms with Gasteiger partial charge in [-0.25, -0.2) is 0 Å². The topological polar surface area (TPSA) is 48.8 Å². The van der Waals surface area contributed by atoms with Gasteiger partial charge in [-0.1, -0.05) is 74.6 Å². The molecular formula is C14H28CuN4S4. The van der Waals surface area contributed by atoms with E-state index in [1.54, 1.807) is 0 Å². The fraction of sp³-hybridized carbons (Fsp3) is 0.714. The molecule has 0 saturated heterocycles. The zero-order valence-corrected chi connectivity index (χ0v) is 18.9. The van der Waals surface area contributed by atoms with Crippen LogP contribution in [0.2, 0.25) is 0 Å². The van der Waals surface area contributed by atoms with Crippen LogP contribution in [-0.4, -0.2) is 32.6 Å². The molecule has 0 aliphatic heterocycles. The molecule has 0 aromatic carbocycles. The molecule has 0 bridgehead atoms. The molecule has 0 fully saturated rings. The third kappa shape index (κ3) is 22.3. The summed E-state index contributed by atoms with van der Waals surface area (Å²) in [6.45, 7) is 8.26. The predicted molar refractivity (Wildman–Crippen MR) is 115 cm³/mol. The summed E-state index contributed by atoms with van der Waals surface area (Å²) < 4.78 is 1.45. The number of hydrazone groups is 2. The molecule has 0 aromatic heterocycles. The van der Waals surface area contributed by atoms with Crippen molar-refractivity contribution in [2.75, 3.05) is 12.5 Å². The summed E-state index contributed by atoms with van der Waals surface area (Å²) in [5.41, 5.74) is 7.80. The average molecular weight is 444 g/mol. The molecule has 0 aromatic rings. The maximum atomic E-state index is 4.90. The Hall–Kier alpha value is 0.339. The second kappa shape index (κ2) is 20.4. The van der Waals surface area contributed by atoms with Crippen LogP contribution in [0.4, 0.5) is 0 Å². The van der Waals surface area contributed by atoms with Crippen molar-refractivity contribution in [2.24, 2.45) is 10.2 Å². The molecule has 0 rings (SSSR count). The summed E-state index contributed by atoms with van der Waals surface area (Å²) in [6.07, 6.45) is 8.18. The van der Waals surface area contributed by atoms with Gasteiger partial charge in [-0.05, 0) is 39.2 Å². The Kier molecular flexibility index (Phi) is 25.0. The molecule has 9 heteroatoms. The van der Waals surface area contributed by atoms with Crippen molar-refractivity contribution in [2.45, 2.75) is 53.4 Å². The van der Waals surface area contributed by atoms with Crippen LogP contribution in [0.5, 0.6) is 0 Å². The van der Waals surface area contributed by atoms with Crippen LogP contribution in [0, 0.1) is 0 Å². The number of nitrogens with one attached hydrogen (secondary N) is 2. The number of hydrogen-bond acceptors (Lipinski definition) is 6. The van der Waals surface area contributed by atoms with Crippen LogP contribution in [0.1, 0.15) is 53.4 Å². The number of thiocarbonyl (C=S) groups is 2. The van der Waals surface area contributed by atoms with E-state index in [-0.39, 0.29) is 17.1 Å².